The predicted molar refractivity (Wildman–Crippen MR) is 137 cm³/mol. The maximum Gasteiger partial charge on any atom is 0.309 e. The van der Waals surface area contributed by atoms with Crippen molar-refractivity contribution in [3.63, 3.8) is 0 Å². The highest BCUT2D eigenvalue weighted by Crippen LogP contribution is 2.32. The van der Waals surface area contributed by atoms with Gasteiger partial charge in [0.15, 0.2) is 0 Å². The minimum absolute atomic E-state index is 0.0291. The van der Waals surface area contributed by atoms with E-state index in [0.717, 1.165) is 30.7 Å². The average molecular weight is 450 g/mol. The van der Waals surface area contributed by atoms with E-state index in [1.165, 1.54) is 50.9 Å². The third-order valence-electron chi connectivity index (χ3n) is 7.91. The zero-order valence-corrected chi connectivity index (χ0v) is 21.0. The molecule has 0 amide bonds. The van der Waals surface area contributed by atoms with Crippen LogP contribution in [0.5, 0.6) is 0 Å². The molecule has 1 aliphatic rings. The number of carbonyl (C=O) groups is 1. The molecule has 0 N–H and O–H groups in total. The molecule has 1 aliphatic heterocycles. The van der Waals surface area contributed by atoms with Crippen LogP contribution in [0.15, 0.2) is 60.7 Å². The summed E-state index contributed by atoms with van der Waals surface area (Å²) < 4.78 is 5.60. The summed E-state index contributed by atoms with van der Waals surface area (Å²) in [5.41, 5.74) is 2.78. The van der Waals surface area contributed by atoms with Crippen molar-refractivity contribution in [1.29, 1.82) is 0 Å². The van der Waals surface area contributed by atoms with Gasteiger partial charge in [0.25, 0.3) is 0 Å². The predicted octanol–water partition coefficient (Wildman–Crippen LogP) is 7.01. The van der Waals surface area contributed by atoms with E-state index in [2.05, 4.69) is 56.0 Å². The molecule has 3 rings (SSSR count). The fourth-order valence-electron chi connectivity index (χ4n) is 5.04. The summed E-state index contributed by atoms with van der Waals surface area (Å²) in [7, 11) is 0. The molecular weight excluding hydrogens is 406 g/mol. The van der Waals surface area contributed by atoms with E-state index in [1.54, 1.807) is 0 Å². The molecule has 1 unspecified atom stereocenters. The van der Waals surface area contributed by atoms with Crippen LogP contribution >= 0.6 is 0 Å². The lowest BCUT2D eigenvalue weighted by atomic mass is 9.77. The number of hydrogen-bond acceptors (Lipinski definition) is 3. The first-order chi connectivity index (χ1) is 16.0. The van der Waals surface area contributed by atoms with Gasteiger partial charge < -0.3 is 9.64 Å². The highest BCUT2D eigenvalue weighted by atomic mass is 16.5. The van der Waals surface area contributed by atoms with Crippen LogP contribution < -0.4 is 0 Å². The van der Waals surface area contributed by atoms with Crippen LogP contribution in [0.25, 0.3) is 0 Å². The molecule has 2 aromatic rings. The minimum atomic E-state index is -0.0291. The summed E-state index contributed by atoms with van der Waals surface area (Å²) in [4.78, 5) is 15.2. The Morgan fingerprint density at radius 2 is 1.67 bits per heavy atom. The lowest BCUT2D eigenvalue weighted by Crippen LogP contribution is -2.37. The van der Waals surface area contributed by atoms with Gasteiger partial charge in [-0.15, -0.1) is 0 Å². The van der Waals surface area contributed by atoms with Crippen LogP contribution in [0.3, 0.4) is 0 Å². The highest BCUT2D eigenvalue weighted by molar-refractivity contribution is 5.72. The van der Waals surface area contributed by atoms with Crippen LogP contribution in [0, 0.1) is 11.8 Å². The Morgan fingerprint density at radius 3 is 2.27 bits per heavy atom. The van der Waals surface area contributed by atoms with Gasteiger partial charge in [0, 0.05) is 0 Å². The Labute approximate surface area is 201 Å². The van der Waals surface area contributed by atoms with E-state index in [0.29, 0.717) is 6.61 Å². The topological polar surface area (TPSA) is 29.5 Å². The molecule has 0 aliphatic carbocycles. The van der Waals surface area contributed by atoms with Gasteiger partial charge in [0.05, 0.1) is 5.92 Å². The second-order valence-corrected chi connectivity index (χ2v) is 10.1. The molecule has 1 saturated heterocycles. The number of esters is 1. The summed E-state index contributed by atoms with van der Waals surface area (Å²) in [5.74, 6) is 0.741. The van der Waals surface area contributed by atoms with Crippen molar-refractivity contribution in [2.75, 3.05) is 19.6 Å². The van der Waals surface area contributed by atoms with E-state index in [1.807, 2.05) is 30.3 Å². The Hall–Kier alpha value is -2.13. The van der Waals surface area contributed by atoms with Gasteiger partial charge >= 0.3 is 5.97 Å². The Balaban J connectivity index is 1.37. The fraction of sp³-hybridized carbons (Fsp3) is 0.567. The second-order valence-electron chi connectivity index (χ2n) is 10.1. The Bertz CT molecular complexity index is 814. The van der Waals surface area contributed by atoms with Gasteiger partial charge in [0.1, 0.15) is 6.61 Å². The zero-order chi connectivity index (χ0) is 23.5. The summed E-state index contributed by atoms with van der Waals surface area (Å²) in [6.07, 6.45) is 7.85. The van der Waals surface area contributed by atoms with Gasteiger partial charge in [0.2, 0.25) is 0 Å². The molecule has 33 heavy (non-hydrogen) atoms. The third kappa shape index (κ3) is 7.71. The van der Waals surface area contributed by atoms with Gasteiger partial charge in [-0.1, -0.05) is 81.4 Å². The maximum absolute atomic E-state index is 12.6. The smallest absolute Gasteiger partial charge is 0.309 e. The molecule has 1 heterocycles. The largest absolute Gasteiger partial charge is 0.461 e. The van der Waals surface area contributed by atoms with Crippen LogP contribution in [0.4, 0.5) is 0 Å². The van der Waals surface area contributed by atoms with Gasteiger partial charge in [-0.25, -0.2) is 0 Å². The van der Waals surface area contributed by atoms with Crippen molar-refractivity contribution in [2.45, 2.75) is 77.7 Å². The van der Waals surface area contributed by atoms with Crippen molar-refractivity contribution < 1.29 is 9.53 Å². The van der Waals surface area contributed by atoms with Gasteiger partial charge in [-0.3, -0.25) is 4.79 Å². The highest BCUT2D eigenvalue weighted by Gasteiger charge is 2.27. The first kappa shape index (κ1) is 25.5. The first-order valence-electron chi connectivity index (χ1n) is 13.0. The quantitative estimate of drug-likeness (QED) is 0.327. The van der Waals surface area contributed by atoms with Crippen molar-refractivity contribution in [2.24, 2.45) is 11.8 Å². The molecular formula is C30H43NO2. The summed E-state index contributed by atoms with van der Waals surface area (Å²) in [6, 6.07) is 21.0. The van der Waals surface area contributed by atoms with Crippen LogP contribution in [0.1, 0.15) is 76.8 Å². The summed E-state index contributed by atoms with van der Waals surface area (Å²) >= 11 is 0. The number of rotatable bonds is 12. The standard InChI is InChI=1S/C30H43NO2/c1-4-27(29(32)33-24-26-12-8-6-9-13-26)17-16-25-18-21-31(22-19-25)23-20-30(3,5-2)28-14-10-7-11-15-28/h6-15,25,27H,4-5,16-24H2,1-3H3/t27?,30-/m0/s1. The average Bonchev–Trinajstić information content (AvgIpc) is 2.88. The van der Waals surface area contributed by atoms with Gasteiger partial charge in [-0.05, 0) is 87.0 Å². The van der Waals surface area contributed by atoms with Crippen molar-refractivity contribution in [1.82, 2.24) is 4.90 Å². The minimum Gasteiger partial charge on any atom is -0.461 e. The molecule has 2 atom stereocenters. The maximum atomic E-state index is 12.6. The SMILES string of the molecule is CCC(CCC1CCN(CC[C@](C)(CC)c2ccccc2)CC1)C(=O)OCc1ccccc1. The van der Waals surface area contributed by atoms with Crippen molar-refractivity contribution in [3.8, 4) is 0 Å². The Morgan fingerprint density at radius 1 is 1.03 bits per heavy atom. The molecule has 0 spiro atoms. The Kier molecular flexibility index (Phi) is 9.99. The third-order valence-corrected chi connectivity index (χ3v) is 7.91. The van der Waals surface area contributed by atoms with E-state index in [4.69, 9.17) is 4.74 Å². The van der Waals surface area contributed by atoms with Crippen LogP contribution in [-0.2, 0) is 21.6 Å². The lowest BCUT2D eigenvalue weighted by molar-refractivity contribution is -0.150. The normalized spacial score (nSPS) is 17.9. The second kappa shape index (κ2) is 12.9. The number of hydrogen-bond donors (Lipinski definition) is 0. The number of nitrogens with zero attached hydrogens (tertiary/aromatic N) is 1. The number of likely N-dealkylation sites (tertiary alicyclic amines) is 1. The van der Waals surface area contributed by atoms with Crippen LogP contribution in [-0.4, -0.2) is 30.5 Å². The molecule has 1 fully saturated rings. The molecule has 3 nitrogen and oxygen atoms in total. The number of ether oxygens (including phenoxy) is 1. The van der Waals surface area contributed by atoms with Gasteiger partial charge in [-0.2, -0.15) is 0 Å². The van der Waals surface area contributed by atoms with E-state index >= 15 is 0 Å². The fourth-order valence-corrected chi connectivity index (χ4v) is 5.04. The van der Waals surface area contributed by atoms with Crippen molar-refractivity contribution >= 4 is 5.97 Å². The number of piperidine rings is 1. The van der Waals surface area contributed by atoms with E-state index in [9.17, 15) is 4.79 Å². The first-order valence-corrected chi connectivity index (χ1v) is 13.0. The van der Waals surface area contributed by atoms with Crippen LogP contribution in [0.2, 0.25) is 0 Å². The molecule has 2 aromatic carbocycles. The molecule has 0 aromatic heterocycles. The zero-order valence-electron chi connectivity index (χ0n) is 21.0. The summed E-state index contributed by atoms with van der Waals surface area (Å²) in [6.45, 7) is 10.8. The molecule has 0 bridgehead atoms. The number of benzene rings is 2. The summed E-state index contributed by atoms with van der Waals surface area (Å²) in [5, 5.41) is 0. The van der Waals surface area contributed by atoms with Crippen molar-refractivity contribution in [3.05, 3.63) is 71.8 Å². The number of carbonyl (C=O) groups excluding carboxylic acids is 1. The lowest BCUT2D eigenvalue weighted by Gasteiger charge is -2.36. The van der Waals surface area contributed by atoms with E-state index in [-0.39, 0.29) is 17.3 Å². The monoisotopic (exact) mass is 449 g/mol. The molecule has 0 saturated carbocycles. The molecule has 3 heteroatoms. The molecule has 0 radical (unpaired) electrons. The van der Waals surface area contributed by atoms with E-state index < -0.39 is 0 Å². The molecule has 180 valence electrons.